The molecule has 2 N–H and O–H groups in total. The zero-order valence-corrected chi connectivity index (χ0v) is 10.4. The van der Waals surface area contributed by atoms with Gasteiger partial charge in [0.25, 0.3) is 0 Å². The third kappa shape index (κ3) is 4.16. The molecule has 16 heavy (non-hydrogen) atoms. The highest BCUT2D eigenvalue weighted by molar-refractivity contribution is 7.10. The monoisotopic (exact) mass is 239 g/mol. The summed E-state index contributed by atoms with van der Waals surface area (Å²) in [6.07, 6.45) is 2.25. The van der Waals surface area contributed by atoms with E-state index in [-0.39, 0.29) is 0 Å². The van der Waals surface area contributed by atoms with Crippen molar-refractivity contribution in [3.05, 3.63) is 34.0 Å². The summed E-state index contributed by atoms with van der Waals surface area (Å²) >= 11 is 1.72. The molecule has 1 heterocycles. The van der Waals surface area contributed by atoms with Crippen LogP contribution in [0, 0.1) is 0 Å². The summed E-state index contributed by atoms with van der Waals surface area (Å²) < 4.78 is 0. The Bertz CT molecular complexity index is 357. The van der Waals surface area contributed by atoms with Crippen molar-refractivity contribution in [3.8, 4) is 0 Å². The minimum absolute atomic E-state index is 0.317. The normalized spacial score (nSPS) is 13.8. The van der Waals surface area contributed by atoms with Crippen molar-refractivity contribution in [2.45, 2.75) is 26.3 Å². The van der Waals surface area contributed by atoms with Crippen LogP contribution < -0.4 is 5.32 Å². The molecule has 1 unspecified atom stereocenters. The van der Waals surface area contributed by atoms with Crippen LogP contribution in [0.5, 0.6) is 0 Å². The first-order chi connectivity index (χ1) is 7.63. The van der Waals surface area contributed by atoms with Crippen LogP contribution in [0.15, 0.2) is 29.2 Å². The van der Waals surface area contributed by atoms with Crippen LogP contribution in [-0.4, -0.2) is 17.6 Å². The van der Waals surface area contributed by atoms with Gasteiger partial charge in [0.15, 0.2) is 0 Å². The second kappa shape index (κ2) is 6.45. The van der Waals surface area contributed by atoms with E-state index in [2.05, 4.69) is 23.7 Å². The van der Waals surface area contributed by atoms with Crippen molar-refractivity contribution in [2.24, 2.45) is 0 Å². The molecule has 0 aliphatic rings. The van der Waals surface area contributed by atoms with Gasteiger partial charge in [0, 0.05) is 23.5 Å². The number of aliphatic carboxylic acids is 1. The zero-order valence-electron chi connectivity index (χ0n) is 9.56. The molecule has 4 heteroatoms. The average molecular weight is 239 g/mol. The Kier molecular flexibility index (Phi) is 5.22. The molecule has 0 saturated heterocycles. The summed E-state index contributed by atoms with van der Waals surface area (Å²) in [5.74, 6) is -0.886. The SMILES string of the molecule is CCC(NC/C(C)=C/C(=O)O)c1cccs1. The van der Waals surface area contributed by atoms with E-state index in [0.29, 0.717) is 12.6 Å². The van der Waals surface area contributed by atoms with Crippen LogP contribution >= 0.6 is 11.3 Å². The fourth-order valence-electron chi connectivity index (χ4n) is 1.48. The van der Waals surface area contributed by atoms with Crippen molar-refractivity contribution in [3.63, 3.8) is 0 Å². The Balaban J connectivity index is 2.50. The number of nitrogens with one attached hydrogen (secondary N) is 1. The lowest BCUT2D eigenvalue weighted by Gasteiger charge is -2.15. The summed E-state index contributed by atoms with van der Waals surface area (Å²) in [6.45, 7) is 4.55. The Morgan fingerprint density at radius 3 is 2.94 bits per heavy atom. The van der Waals surface area contributed by atoms with Gasteiger partial charge in [0.05, 0.1) is 0 Å². The first-order valence-electron chi connectivity index (χ1n) is 5.30. The number of hydrogen-bond acceptors (Lipinski definition) is 3. The fraction of sp³-hybridized carbons (Fsp3) is 0.417. The number of carbonyl (C=O) groups is 1. The fourth-order valence-corrected chi connectivity index (χ4v) is 2.37. The molecule has 88 valence electrons. The van der Waals surface area contributed by atoms with E-state index >= 15 is 0 Å². The summed E-state index contributed by atoms with van der Waals surface area (Å²) in [4.78, 5) is 11.7. The maximum atomic E-state index is 10.5. The average Bonchev–Trinajstić information content (AvgIpc) is 2.71. The van der Waals surface area contributed by atoms with Gasteiger partial charge in [-0.05, 0) is 24.8 Å². The lowest BCUT2D eigenvalue weighted by molar-refractivity contribution is -0.131. The summed E-state index contributed by atoms with van der Waals surface area (Å²) in [7, 11) is 0. The lowest BCUT2D eigenvalue weighted by Crippen LogP contribution is -2.22. The molecular weight excluding hydrogens is 222 g/mol. The topological polar surface area (TPSA) is 49.3 Å². The lowest BCUT2D eigenvalue weighted by atomic mass is 10.1. The molecule has 1 aromatic heterocycles. The van der Waals surface area contributed by atoms with E-state index in [9.17, 15) is 4.79 Å². The third-order valence-electron chi connectivity index (χ3n) is 2.29. The summed E-state index contributed by atoms with van der Waals surface area (Å²) in [5.41, 5.74) is 0.836. The minimum Gasteiger partial charge on any atom is -0.478 e. The zero-order chi connectivity index (χ0) is 12.0. The molecule has 0 spiro atoms. The van der Waals surface area contributed by atoms with E-state index in [1.165, 1.54) is 11.0 Å². The maximum absolute atomic E-state index is 10.5. The van der Waals surface area contributed by atoms with Crippen molar-refractivity contribution in [2.75, 3.05) is 6.54 Å². The van der Waals surface area contributed by atoms with Crippen molar-refractivity contribution in [1.82, 2.24) is 5.32 Å². The predicted octanol–water partition coefficient (Wildman–Crippen LogP) is 2.82. The molecule has 0 saturated carbocycles. The molecule has 0 aromatic carbocycles. The predicted molar refractivity (Wildman–Crippen MR) is 66.7 cm³/mol. The second-order valence-electron chi connectivity index (χ2n) is 3.69. The van der Waals surface area contributed by atoms with Gasteiger partial charge in [-0.1, -0.05) is 18.6 Å². The summed E-state index contributed by atoms with van der Waals surface area (Å²) in [6, 6.07) is 4.45. The van der Waals surface area contributed by atoms with Crippen LogP contribution in [-0.2, 0) is 4.79 Å². The van der Waals surface area contributed by atoms with Crippen LogP contribution in [0.1, 0.15) is 31.2 Å². The van der Waals surface area contributed by atoms with E-state index in [4.69, 9.17) is 5.11 Å². The number of thiophene rings is 1. The van der Waals surface area contributed by atoms with E-state index in [1.54, 1.807) is 11.3 Å². The van der Waals surface area contributed by atoms with Gasteiger partial charge in [-0.2, -0.15) is 0 Å². The van der Waals surface area contributed by atoms with Gasteiger partial charge in [-0.15, -0.1) is 11.3 Å². The van der Waals surface area contributed by atoms with Gasteiger partial charge >= 0.3 is 5.97 Å². The molecule has 1 rings (SSSR count). The van der Waals surface area contributed by atoms with Crippen molar-refractivity contribution < 1.29 is 9.90 Å². The van der Waals surface area contributed by atoms with Crippen LogP contribution in [0.2, 0.25) is 0 Å². The quantitative estimate of drug-likeness (QED) is 0.750. The molecule has 1 aromatic rings. The molecule has 3 nitrogen and oxygen atoms in total. The van der Waals surface area contributed by atoms with E-state index in [0.717, 1.165) is 12.0 Å². The van der Waals surface area contributed by atoms with Gasteiger partial charge in [0.1, 0.15) is 0 Å². The molecule has 0 amide bonds. The van der Waals surface area contributed by atoms with Crippen LogP contribution in [0.25, 0.3) is 0 Å². The highest BCUT2D eigenvalue weighted by Gasteiger charge is 2.09. The van der Waals surface area contributed by atoms with Crippen molar-refractivity contribution in [1.29, 1.82) is 0 Å². The van der Waals surface area contributed by atoms with Crippen LogP contribution in [0.4, 0.5) is 0 Å². The molecule has 0 aliphatic heterocycles. The van der Waals surface area contributed by atoms with Gasteiger partial charge in [0.2, 0.25) is 0 Å². The first-order valence-corrected chi connectivity index (χ1v) is 6.18. The standard InChI is InChI=1S/C12H17NO2S/c1-3-10(11-5-4-6-16-11)13-8-9(2)7-12(14)15/h4-7,10,13H,3,8H2,1-2H3,(H,14,15)/b9-7+. The van der Waals surface area contributed by atoms with Gasteiger partial charge in [-0.25, -0.2) is 4.79 Å². The van der Waals surface area contributed by atoms with Gasteiger partial charge < -0.3 is 10.4 Å². The third-order valence-corrected chi connectivity index (χ3v) is 3.28. The Hall–Kier alpha value is -1.13. The molecular formula is C12H17NO2S. The van der Waals surface area contributed by atoms with Crippen molar-refractivity contribution >= 4 is 17.3 Å². The van der Waals surface area contributed by atoms with Crippen LogP contribution in [0.3, 0.4) is 0 Å². The number of carboxylic acid groups (broad SMARTS) is 1. The highest BCUT2D eigenvalue weighted by Crippen LogP contribution is 2.21. The number of rotatable bonds is 6. The summed E-state index contributed by atoms with van der Waals surface area (Å²) in [5, 5.41) is 14.0. The Morgan fingerprint density at radius 1 is 1.69 bits per heavy atom. The molecule has 0 aliphatic carbocycles. The number of hydrogen-bond donors (Lipinski definition) is 2. The van der Waals surface area contributed by atoms with E-state index < -0.39 is 5.97 Å². The molecule has 0 bridgehead atoms. The first kappa shape index (κ1) is 12.9. The maximum Gasteiger partial charge on any atom is 0.328 e. The molecule has 0 fully saturated rings. The Morgan fingerprint density at radius 2 is 2.44 bits per heavy atom. The number of carboxylic acids is 1. The highest BCUT2D eigenvalue weighted by atomic mass is 32.1. The largest absolute Gasteiger partial charge is 0.478 e. The molecule has 0 radical (unpaired) electrons. The van der Waals surface area contributed by atoms with Gasteiger partial charge in [-0.3, -0.25) is 0 Å². The minimum atomic E-state index is -0.886. The second-order valence-corrected chi connectivity index (χ2v) is 4.67. The molecule has 1 atom stereocenters. The van der Waals surface area contributed by atoms with E-state index in [1.807, 2.05) is 13.0 Å². The Labute approximate surface area is 99.8 Å². The smallest absolute Gasteiger partial charge is 0.328 e.